The van der Waals surface area contributed by atoms with E-state index in [0.717, 1.165) is 5.56 Å². The van der Waals surface area contributed by atoms with Crippen LogP contribution in [0.2, 0.25) is 0 Å². The Labute approximate surface area is 196 Å². The molecule has 1 amide bonds. The Morgan fingerprint density at radius 2 is 1.71 bits per heavy atom. The molecule has 0 spiro atoms. The summed E-state index contributed by atoms with van der Waals surface area (Å²) in [6.07, 6.45) is 2.14. The largest absolute Gasteiger partial charge is 0.351 e. The number of hydrogen-bond donors (Lipinski definition) is 1. The number of sulfonamides is 1. The molecule has 0 saturated heterocycles. The molecule has 8 nitrogen and oxygen atoms in total. The van der Waals surface area contributed by atoms with Crippen molar-refractivity contribution in [2.75, 3.05) is 23.1 Å². The highest BCUT2D eigenvalue weighted by atomic mass is 32.2. The number of carbonyl (C=O) groups excluding carboxylic acids is 1. The molecule has 1 aliphatic rings. The lowest BCUT2D eigenvalue weighted by atomic mass is 10.2. The first-order valence-electron chi connectivity index (χ1n) is 10.9. The Kier molecular flexibility index (Phi) is 5.62. The maximum absolute atomic E-state index is 12.8. The van der Waals surface area contributed by atoms with Crippen molar-refractivity contribution in [3.8, 4) is 5.69 Å². The fourth-order valence-electron chi connectivity index (χ4n) is 4.13. The highest BCUT2D eigenvalue weighted by Crippen LogP contribution is 2.29. The first kappa shape index (κ1) is 21.8. The number of fused-ring (bicyclic) bond motifs is 2. The number of nitrogens with zero attached hydrogens (tertiary/aromatic N) is 3. The molecule has 2 heterocycles. The van der Waals surface area contributed by atoms with Crippen LogP contribution in [0.4, 0.5) is 5.69 Å². The molecule has 0 atom stereocenters. The zero-order chi connectivity index (χ0) is 23.7. The maximum atomic E-state index is 12.8. The number of nitrogens with one attached hydrogen (secondary N) is 1. The molecule has 0 aliphatic carbocycles. The quantitative estimate of drug-likeness (QED) is 0.463. The molecule has 0 unspecified atom stereocenters. The van der Waals surface area contributed by atoms with Crippen molar-refractivity contribution >= 4 is 32.5 Å². The SMILES string of the molecule is O=C(NCCS(=O)(=O)N1CCc2ccccc21)c1ccc(-n2cnc3ccccc3c2=O)cc1. The molecular weight excluding hydrogens is 452 g/mol. The van der Waals surface area contributed by atoms with Crippen LogP contribution in [0.15, 0.2) is 83.9 Å². The lowest BCUT2D eigenvalue weighted by molar-refractivity contribution is 0.0956. The third-order valence-corrected chi connectivity index (χ3v) is 7.67. The van der Waals surface area contributed by atoms with Gasteiger partial charge >= 0.3 is 0 Å². The van der Waals surface area contributed by atoms with Crippen LogP contribution in [-0.4, -0.2) is 42.7 Å². The van der Waals surface area contributed by atoms with Gasteiger partial charge < -0.3 is 5.32 Å². The molecule has 0 bridgehead atoms. The van der Waals surface area contributed by atoms with Gasteiger partial charge in [0.2, 0.25) is 10.0 Å². The van der Waals surface area contributed by atoms with Gasteiger partial charge in [0, 0.05) is 18.7 Å². The van der Waals surface area contributed by atoms with E-state index in [9.17, 15) is 18.0 Å². The van der Waals surface area contributed by atoms with Gasteiger partial charge in [0.05, 0.1) is 28.0 Å². The number of amides is 1. The molecule has 1 aromatic heterocycles. The van der Waals surface area contributed by atoms with E-state index in [1.165, 1.54) is 15.2 Å². The predicted molar refractivity (Wildman–Crippen MR) is 131 cm³/mol. The minimum absolute atomic E-state index is 0.00433. The third-order valence-electron chi connectivity index (χ3n) is 5.90. The molecule has 1 aliphatic heterocycles. The number of para-hydroxylation sites is 2. The molecule has 172 valence electrons. The van der Waals surface area contributed by atoms with Crippen LogP contribution in [0.3, 0.4) is 0 Å². The lowest BCUT2D eigenvalue weighted by Gasteiger charge is -2.19. The Morgan fingerprint density at radius 1 is 0.971 bits per heavy atom. The Hall–Kier alpha value is -3.98. The standard InChI is InChI=1S/C25H22N4O4S/c30-24(26-14-16-34(32,33)29-15-13-18-5-1-4-8-23(18)29)19-9-11-20(12-10-19)28-17-27-22-7-3-2-6-21(22)25(28)31/h1-12,17H,13-16H2,(H,26,30). The first-order chi connectivity index (χ1) is 16.4. The van der Waals surface area contributed by atoms with E-state index in [1.54, 1.807) is 48.5 Å². The summed E-state index contributed by atoms with van der Waals surface area (Å²) in [6.45, 7) is 0.412. The van der Waals surface area contributed by atoms with Crippen molar-refractivity contribution in [3.05, 3.63) is 101 Å². The van der Waals surface area contributed by atoms with E-state index in [0.29, 0.717) is 40.8 Å². The van der Waals surface area contributed by atoms with Crippen LogP contribution < -0.4 is 15.2 Å². The number of carbonyl (C=O) groups is 1. The normalized spacial score (nSPS) is 13.1. The summed E-state index contributed by atoms with van der Waals surface area (Å²) in [5.41, 5.74) is 3.09. The van der Waals surface area contributed by atoms with Gasteiger partial charge in [0.1, 0.15) is 6.33 Å². The lowest BCUT2D eigenvalue weighted by Crippen LogP contribution is -2.37. The fraction of sp³-hybridized carbons (Fsp3) is 0.160. The van der Waals surface area contributed by atoms with Gasteiger partial charge in [-0.25, -0.2) is 13.4 Å². The van der Waals surface area contributed by atoms with Crippen LogP contribution in [-0.2, 0) is 16.4 Å². The predicted octanol–water partition coefficient (Wildman–Crippen LogP) is 2.51. The van der Waals surface area contributed by atoms with E-state index in [-0.39, 0.29) is 23.8 Å². The molecule has 4 aromatic rings. The summed E-state index contributed by atoms with van der Waals surface area (Å²) in [5.74, 6) is -0.573. The molecule has 0 saturated carbocycles. The van der Waals surface area contributed by atoms with Crippen molar-refractivity contribution < 1.29 is 13.2 Å². The summed E-state index contributed by atoms with van der Waals surface area (Å²) in [5, 5.41) is 3.18. The van der Waals surface area contributed by atoms with Crippen LogP contribution in [0.5, 0.6) is 0 Å². The monoisotopic (exact) mass is 474 g/mol. The second-order valence-electron chi connectivity index (χ2n) is 8.01. The highest BCUT2D eigenvalue weighted by molar-refractivity contribution is 7.92. The van der Waals surface area contributed by atoms with Crippen molar-refractivity contribution in [3.63, 3.8) is 0 Å². The van der Waals surface area contributed by atoms with Crippen molar-refractivity contribution in [1.29, 1.82) is 0 Å². The average molecular weight is 475 g/mol. The third kappa shape index (κ3) is 4.06. The van der Waals surface area contributed by atoms with Crippen molar-refractivity contribution in [1.82, 2.24) is 14.9 Å². The topological polar surface area (TPSA) is 101 Å². The maximum Gasteiger partial charge on any atom is 0.265 e. The molecular formula is C25H22N4O4S. The van der Waals surface area contributed by atoms with Crippen molar-refractivity contribution in [2.45, 2.75) is 6.42 Å². The second kappa shape index (κ2) is 8.75. The number of hydrogen-bond acceptors (Lipinski definition) is 5. The van der Waals surface area contributed by atoms with E-state index in [2.05, 4.69) is 10.3 Å². The molecule has 9 heteroatoms. The second-order valence-corrected chi connectivity index (χ2v) is 10.0. The number of aromatic nitrogens is 2. The fourth-order valence-corrected chi connectivity index (χ4v) is 5.56. The van der Waals surface area contributed by atoms with Gasteiger partial charge in [-0.3, -0.25) is 18.5 Å². The molecule has 5 rings (SSSR count). The zero-order valence-electron chi connectivity index (χ0n) is 18.2. The summed E-state index contributed by atoms with van der Waals surface area (Å²) in [4.78, 5) is 29.6. The van der Waals surface area contributed by atoms with Gasteiger partial charge in [-0.1, -0.05) is 30.3 Å². The van der Waals surface area contributed by atoms with Crippen LogP contribution in [0, 0.1) is 0 Å². The number of anilines is 1. The molecule has 1 N–H and O–H groups in total. The molecule has 34 heavy (non-hydrogen) atoms. The van der Waals surface area contributed by atoms with Crippen LogP contribution >= 0.6 is 0 Å². The van der Waals surface area contributed by atoms with E-state index < -0.39 is 10.0 Å². The smallest absolute Gasteiger partial charge is 0.265 e. The van der Waals surface area contributed by atoms with Crippen molar-refractivity contribution in [2.24, 2.45) is 0 Å². The van der Waals surface area contributed by atoms with Crippen LogP contribution in [0.25, 0.3) is 16.6 Å². The Bertz CT molecular complexity index is 1550. The number of benzene rings is 3. The minimum Gasteiger partial charge on any atom is -0.351 e. The van der Waals surface area contributed by atoms with Gasteiger partial charge in [-0.05, 0) is 54.4 Å². The zero-order valence-corrected chi connectivity index (χ0v) is 19.0. The van der Waals surface area contributed by atoms with Gasteiger partial charge in [0.15, 0.2) is 0 Å². The molecule has 0 radical (unpaired) electrons. The highest BCUT2D eigenvalue weighted by Gasteiger charge is 2.28. The van der Waals surface area contributed by atoms with E-state index in [1.807, 2.05) is 24.3 Å². The van der Waals surface area contributed by atoms with E-state index in [4.69, 9.17) is 0 Å². The molecule has 3 aromatic carbocycles. The summed E-state index contributed by atoms with van der Waals surface area (Å²) in [6, 6.07) is 21.1. The van der Waals surface area contributed by atoms with Crippen LogP contribution in [0.1, 0.15) is 15.9 Å². The Morgan fingerprint density at radius 3 is 2.53 bits per heavy atom. The molecule has 0 fully saturated rings. The number of rotatable bonds is 6. The minimum atomic E-state index is -3.54. The van der Waals surface area contributed by atoms with Gasteiger partial charge in [-0.15, -0.1) is 0 Å². The average Bonchev–Trinajstić information content (AvgIpc) is 3.30. The summed E-state index contributed by atoms with van der Waals surface area (Å²) in [7, 11) is -3.54. The first-order valence-corrected chi connectivity index (χ1v) is 12.5. The summed E-state index contributed by atoms with van der Waals surface area (Å²) >= 11 is 0. The summed E-state index contributed by atoms with van der Waals surface area (Å²) < 4.78 is 28.4. The van der Waals surface area contributed by atoms with Gasteiger partial charge in [-0.2, -0.15) is 0 Å². The van der Waals surface area contributed by atoms with E-state index >= 15 is 0 Å². The van der Waals surface area contributed by atoms with Gasteiger partial charge in [0.25, 0.3) is 11.5 Å². The Balaban J connectivity index is 1.24.